The lowest BCUT2D eigenvalue weighted by Gasteiger charge is -2.14. The molecule has 0 aliphatic carbocycles. The van der Waals surface area contributed by atoms with Gasteiger partial charge in [-0.15, -0.1) is 11.3 Å². The first-order chi connectivity index (χ1) is 10.1. The number of nitrogens with zero attached hydrogens (tertiary/aromatic N) is 1. The number of halogens is 1. The molecule has 2 N–H and O–H groups in total. The second-order valence-corrected chi connectivity index (χ2v) is 6.64. The van der Waals surface area contributed by atoms with Crippen LogP contribution in [0.4, 0.5) is 0 Å². The van der Waals surface area contributed by atoms with Crippen LogP contribution < -0.4 is 10.9 Å². The van der Waals surface area contributed by atoms with Crippen molar-refractivity contribution in [2.75, 3.05) is 0 Å². The molecule has 4 nitrogen and oxygen atoms in total. The summed E-state index contributed by atoms with van der Waals surface area (Å²) in [6, 6.07) is 10.2. The highest BCUT2D eigenvalue weighted by Crippen LogP contribution is 2.18. The summed E-state index contributed by atoms with van der Waals surface area (Å²) in [5.74, 6) is 0.660. The Kier molecular flexibility index (Phi) is 4.19. The number of nitrogens with one attached hydrogen (secondary N) is 2. The lowest BCUT2D eigenvalue weighted by molar-refractivity contribution is 0.559. The largest absolute Gasteiger partial charge is 0.308 e. The van der Waals surface area contributed by atoms with Crippen LogP contribution in [0.15, 0.2) is 45.0 Å². The van der Waals surface area contributed by atoms with Gasteiger partial charge in [0.2, 0.25) is 0 Å². The van der Waals surface area contributed by atoms with Crippen molar-refractivity contribution in [1.29, 1.82) is 0 Å². The normalized spacial score (nSPS) is 12.7. The number of hydrogen-bond acceptors (Lipinski definition) is 4. The van der Waals surface area contributed by atoms with Crippen molar-refractivity contribution in [3.63, 3.8) is 0 Å². The molecule has 0 fully saturated rings. The zero-order chi connectivity index (χ0) is 14.8. The van der Waals surface area contributed by atoms with E-state index in [0.717, 1.165) is 9.99 Å². The third-order valence-corrected chi connectivity index (χ3v) is 4.68. The van der Waals surface area contributed by atoms with Gasteiger partial charge in [0.15, 0.2) is 0 Å². The highest BCUT2D eigenvalue weighted by molar-refractivity contribution is 9.10. The zero-order valence-corrected chi connectivity index (χ0v) is 13.8. The van der Waals surface area contributed by atoms with Gasteiger partial charge in [-0.25, -0.2) is 4.98 Å². The van der Waals surface area contributed by atoms with E-state index in [1.54, 1.807) is 0 Å². The molecule has 2 heterocycles. The monoisotopic (exact) mass is 363 g/mol. The smallest absolute Gasteiger partial charge is 0.268 e. The molecule has 0 aliphatic heterocycles. The van der Waals surface area contributed by atoms with Crippen LogP contribution in [0.1, 0.15) is 24.4 Å². The van der Waals surface area contributed by atoms with Crippen LogP contribution >= 0.6 is 27.3 Å². The second kappa shape index (κ2) is 6.09. The molecule has 2 aromatic heterocycles. The average molecular weight is 364 g/mol. The fourth-order valence-electron chi connectivity index (χ4n) is 2.15. The molecule has 0 bridgehead atoms. The van der Waals surface area contributed by atoms with Crippen LogP contribution in [0, 0.1) is 0 Å². The lowest BCUT2D eigenvalue weighted by Crippen LogP contribution is -2.21. The van der Waals surface area contributed by atoms with E-state index in [4.69, 9.17) is 0 Å². The maximum absolute atomic E-state index is 11.9. The molecule has 3 aromatic rings. The SMILES string of the molecule is CC(NCc1nc2ccsc2c(=O)[nH]1)c1cccc(Br)c1. The molecule has 108 valence electrons. The van der Waals surface area contributed by atoms with E-state index in [1.165, 1.54) is 16.9 Å². The summed E-state index contributed by atoms with van der Waals surface area (Å²) >= 11 is 4.89. The Morgan fingerprint density at radius 2 is 2.29 bits per heavy atom. The predicted molar refractivity (Wildman–Crippen MR) is 89.6 cm³/mol. The van der Waals surface area contributed by atoms with Crippen molar-refractivity contribution in [3.05, 3.63) is 61.9 Å². The number of aromatic nitrogens is 2. The van der Waals surface area contributed by atoms with Crippen molar-refractivity contribution in [3.8, 4) is 0 Å². The Balaban J connectivity index is 1.75. The van der Waals surface area contributed by atoms with Gasteiger partial charge in [0.25, 0.3) is 5.56 Å². The van der Waals surface area contributed by atoms with Crippen molar-refractivity contribution in [1.82, 2.24) is 15.3 Å². The fraction of sp³-hybridized carbons (Fsp3) is 0.200. The van der Waals surface area contributed by atoms with Crippen LogP contribution in [0.2, 0.25) is 0 Å². The Morgan fingerprint density at radius 1 is 1.43 bits per heavy atom. The molecule has 0 radical (unpaired) electrons. The molecule has 0 amide bonds. The predicted octanol–water partition coefficient (Wildman–Crippen LogP) is 3.60. The maximum Gasteiger partial charge on any atom is 0.268 e. The standard InChI is InChI=1S/C15H14BrN3OS/c1-9(10-3-2-4-11(16)7-10)17-8-13-18-12-5-6-21-14(12)15(20)19-13/h2-7,9,17H,8H2,1H3,(H,18,19,20). The Labute approximate surface area is 134 Å². The number of H-pyrrole nitrogens is 1. The number of thiophene rings is 1. The van der Waals surface area contributed by atoms with E-state index >= 15 is 0 Å². The Morgan fingerprint density at radius 3 is 3.10 bits per heavy atom. The van der Waals surface area contributed by atoms with Gasteiger partial charge in [-0.2, -0.15) is 0 Å². The highest BCUT2D eigenvalue weighted by atomic mass is 79.9. The molecule has 1 unspecified atom stereocenters. The molecule has 0 saturated heterocycles. The number of fused-ring (bicyclic) bond motifs is 1. The van der Waals surface area contributed by atoms with E-state index in [1.807, 2.05) is 23.6 Å². The lowest BCUT2D eigenvalue weighted by atomic mass is 10.1. The van der Waals surface area contributed by atoms with Gasteiger partial charge in [0.05, 0.1) is 12.1 Å². The van der Waals surface area contributed by atoms with E-state index in [9.17, 15) is 4.79 Å². The van der Waals surface area contributed by atoms with E-state index in [2.05, 4.69) is 50.3 Å². The molecule has 3 rings (SSSR count). The summed E-state index contributed by atoms with van der Waals surface area (Å²) in [6.07, 6.45) is 0. The van der Waals surface area contributed by atoms with Gasteiger partial charge in [-0.05, 0) is 36.1 Å². The molecule has 0 saturated carbocycles. The summed E-state index contributed by atoms with van der Waals surface area (Å²) in [5.41, 5.74) is 1.88. The molecule has 21 heavy (non-hydrogen) atoms. The maximum atomic E-state index is 11.9. The minimum absolute atomic E-state index is 0.0677. The first-order valence-electron chi connectivity index (χ1n) is 6.59. The Bertz CT molecular complexity index is 827. The van der Waals surface area contributed by atoms with Gasteiger partial charge < -0.3 is 10.3 Å². The summed E-state index contributed by atoms with van der Waals surface area (Å²) in [6.45, 7) is 2.61. The van der Waals surface area contributed by atoms with Gasteiger partial charge in [0.1, 0.15) is 10.5 Å². The van der Waals surface area contributed by atoms with Crippen molar-refractivity contribution >= 4 is 37.5 Å². The van der Waals surface area contributed by atoms with E-state index < -0.39 is 0 Å². The van der Waals surface area contributed by atoms with Gasteiger partial charge >= 0.3 is 0 Å². The van der Waals surface area contributed by atoms with Gasteiger partial charge in [0, 0.05) is 10.5 Å². The molecular formula is C15H14BrN3OS. The number of rotatable bonds is 4. The third kappa shape index (κ3) is 3.23. The topological polar surface area (TPSA) is 57.8 Å². The van der Waals surface area contributed by atoms with E-state index in [0.29, 0.717) is 17.1 Å². The minimum Gasteiger partial charge on any atom is -0.308 e. The van der Waals surface area contributed by atoms with Crippen molar-refractivity contribution in [2.24, 2.45) is 0 Å². The van der Waals surface area contributed by atoms with Crippen LogP contribution in [-0.2, 0) is 6.54 Å². The summed E-state index contributed by atoms with van der Waals surface area (Å²) < 4.78 is 1.73. The number of benzene rings is 1. The molecule has 0 aliphatic rings. The molecule has 6 heteroatoms. The zero-order valence-electron chi connectivity index (χ0n) is 11.4. The fourth-order valence-corrected chi connectivity index (χ4v) is 3.29. The third-order valence-electron chi connectivity index (χ3n) is 3.29. The van der Waals surface area contributed by atoms with Crippen LogP contribution in [-0.4, -0.2) is 9.97 Å². The number of hydrogen-bond donors (Lipinski definition) is 2. The van der Waals surface area contributed by atoms with Crippen LogP contribution in [0.5, 0.6) is 0 Å². The summed E-state index contributed by atoms with van der Waals surface area (Å²) in [7, 11) is 0. The summed E-state index contributed by atoms with van der Waals surface area (Å²) in [5, 5.41) is 5.26. The second-order valence-electron chi connectivity index (χ2n) is 4.81. The molecular weight excluding hydrogens is 350 g/mol. The number of aromatic amines is 1. The Hall–Kier alpha value is -1.50. The van der Waals surface area contributed by atoms with Gasteiger partial charge in [-0.3, -0.25) is 4.79 Å². The molecule has 1 atom stereocenters. The first kappa shape index (κ1) is 14.4. The minimum atomic E-state index is -0.0677. The van der Waals surface area contributed by atoms with E-state index in [-0.39, 0.29) is 11.6 Å². The molecule has 0 spiro atoms. The summed E-state index contributed by atoms with van der Waals surface area (Å²) in [4.78, 5) is 19.2. The highest BCUT2D eigenvalue weighted by Gasteiger charge is 2.08. The average Bonchev–Trinajstić information content (AvgIpc) is 2.93. The van der Waals surface area contributed by atoms with Crippen LogP contribution in [0.25, 0.3) is 10.2 Å². The molecule has 1 aromatic carbocycles. The van der Waals surface area contributed by atoms with Crippen LogP contribution in [0.3, 0.4) is 0 Å². The quantitative estimate of drug-likeness (QED) is 0.744. The van der Waals surface area contributed by atoms with Crippen molar-refractivity contribution < 1.29 is 0 Å². The first-order valence-corrected chi connectivity index (χ1v) is 8.26. The van der Waals surface area contributed by atoms with Crippen molar-refractivity contribution in [2.45, 2.75) is 19.5 Å². The van der Waals surface area contributed by atoms with Gasteiger partial charge in [-0.1, -0.05) is 28.1 Å².